The Kier molecular flexibility index (Phi) is 5.92. The van der Waals surface area contributed by atoms with Gasteiger partial charge in [0.15, 0.2) is 5.65 Å². The maximum absolute atomic E-state index is 13.9. The van der Waals surface area contributed by atoms with Gasteiger partial charge in [0, 0.05) is 30.9 Å². The molecule has 6 nitrogen and oxygen atoms in total. The largest absolute Gasteiger partial charge is 0.381 e. The highest BCUT2D eigenvalue weighted by molar-refractivity contribution is 6.06. The van der Waals surface area contributed by atoms with E-state index in [1.165, 1.54) is 12.6 Å². The second-order valence-electron chi connectivity index (χ2n) is 7.64. The van der Waals surface area contributed by atoms with Crippen molar-refractivity contribution in [3.05, 3.63) is 53.4 Å². The van der Waals surface area contributed by atoms with Crippen LogP contribution in [-0.4, -0.2) is 26.7 Å². The zero-order valence-corrected chi connectivity index (χ0v) is 16.9. The summed E-state index contributed by atoms with van der Waals surface area (Å²) in [5.41, 5.74) is 1.88. The molecule has 2 N–H and O–H groups in total. The van der Waals surface area contributed by atoms with Gasteiger partial charge in [-0.15, -0.1) is 0 Å². The minimum Gasteiger partial charge on any atom is -0.381 e. The van der Waals surface area contributed by atoms with Gasteiger partial charge in [-0.2, -0.15) is 5.10 Å². The van der Waals surface area contributed by atoms with E-state index in [0.717, 1.165) is 49.3 Å². The van der Waals surface area contributed by atoms with Crippen molar-refractivity contribution in [2.75, 3.05) is 5.32 Å². The molecule has 0 radical (unpaired) electrons. The maximum Gasteiger partial charge on any atom is 0.255 e. The third kappa shape index (κ3) is 4.13. The lowest BCUT2D eigenvalue weighted by molar-refractivity contribution is 0.0951. The van der Waals surface area contributed by atoms with Gasteiger partial charge in [0.25, 0.3) is 5.91 Å². The molecular weight excluding hydrogens is 388 g/mol. The smallest absolute Gasteiger partial charge is 0.255 e. The van der Waals surface area contributed by atoms with Crippen LogP contribution in [0.25, 0.3) is 11.0 Å². The highest BCUT2D eigenvalue weighted by atomic mass is 19.1. The first kappa shape index (κ1) is 20.3. The molecule has 0 bridgehead atoms. The SMILES string of the molecule is CCn1ncc2c(NC3CCCCC3)c(C(=O)NCc3cc(F)ccc3F)cnc21. The summed E-state index contributed by atoms with van der Waals surface area (Å²) in [6, 6.07) is 3.47. The molecule has 0 unspecified atom stereocenters. The molecule has 8 heteroatoms. The van der Waals surface area contributed by atoms with Crippen molar-refractivity contribution < 1.29 is 13.6 Å². The van der Waals surface area contributed by atoms with Gasteiger partial charge in [-0.1, -0.05) is 19.3 Å². The van der Waals surface area contributed by atoms with Gasteiger partial charge in [-0.3, -0.25) is 4.79 Å². The van der Waals surface area contributed by atoms with Crippen LogP contribution < -0.4 is 10.6 Å². The minimum absolute atomic E-state index is 0.0954. The number of halogens is 2. The van der Waals surface area contributed by atoms with Gasteiger partial charge in [-0.25, -0.2) is 18.4 Å². The number of hydrogen-bond acceptors (Lipinski definition) is 4. The highest BCUT2D eigenvalue weighted by Gasteiger charge is 2.22. The molecule has 2 aromatic heterocycles. The lowest BCUT2D eigenvalue weighted by Crippen LogP contribution is -2.28. The fourth-order valence-corrected chi connectivity index (χ4v) is 3.99. The number of hydrogen-bond donors (Lipinski definition) is 2. The Labute approximate surface area is 173 Å². The molecule has 0 saturated heterocycles. The van der Waals surface area contributed by atoms with Crippen molar-refractivity contribution in [3.63, 3.8) is 0 Å². The van der Waals surface area contributed by atoms with Crippen LogP contribution in [0.4, 0.5) is 14.5 Å². The summed E-state index contributed by atoms with van der Waals surface area (Å²) in [7, 11) is 0. The topological polar surface area (TPSA) is 71.8 Å². The number of carbonyl (C=O) groups excluding carboxylic acids is 1. The van der Waals surface area contributed by atoms with Gasteiger partial charge in [0.1, 0.15) is 11.6 Å². The van der Waals surface area contributed by atoms with E-state index in [0.29, 0.717) is 23.4 Å². The Morgan fingerprint density at radius 1 is 1.20 bits per heavy atom. The van der Waals surface area contributed by atoms with E-state index in [2.05, 4.69) is 20.7 Å². The molecule has 158 valence electrons. The quantitative estimate of drug-likeness (QED) is 0.628. The predicted molar refractivity (Wildman–Crippen MR) is 111 cm³/mol. The molecule has 2 heterocycles. The van der Waals surface area contributed by atoms with Crippen LogP contribution in [0, 0.1) is 11.6 Å². The number of carbonyl (C=O) groups is 1. The highest BCUT2D eigenvalue weighted by Crippen LogP contribution is 2.30. The maximum atomic E-state index is 13.9. The summed E-state index contributed by atoms with van der Waals surface area (Å²) in [4.78, 5) is 17.4. The number of amides is 1. The van der Waals surface area contributed by atoms with E-state index in [1.54, 1.807) is 10.9 Å². The number of rotatable bonds is 6. The first-order valence-corrected chi connectivity index (χ1v) is 10.4. The molecule has 0 spiro atoms. The molecule has 3 aromatic rings. The zero-order valence-electron chi connectivity index (χ0n) is 16.9. The van der Waals surface area contributed by atoms with Crippen LogP contribution in [0.2, 0.25) is 0 Å². The normalized spacial score (nSPS) is 14.8. The molecule has 30 heavy (non-hydrogen) atoms. The van der Waals surface area contributed by atoms with E-state index in [4.69, 9.17) is 0 Å². The molecule has 1 aliphatic rings. The average molecular weight is 413 g/mol. The van der Waals surface area contributed by atoms with Crippen LogP contribution in [0.15, 0.2) is 30.6 Å². The Balaban J connectivity index is 1.63. The average Bonchev–Trinajstić information content (AvgIpc) is 3.19. The standard InChI is InChI=1S/C22H25F2N5O/c1-2-29-21-17(13-27-29)20(28-16-6-4-3-5-7-16)18(12-25-21)22(30)26-11-14-10-15(23)8-9-19(14)24/h8-10,12-13,16H,2-7,11H2,1H3,(H,25,28)(H,26,30). The lowest BCUT2D eigenvalue weighted by atomic mass is 9.95. The minimum atomic E-state index is -0.560. The van der Waals surface area contributed by atoms with Gasteiger partial charge in [0.05, 0.1) is 22.8 Å². The molecular formula is C22H25F2N5O. The molecule has 1 amide bonds. The Morgan fingerprint density at radius 2 is 2.00 bits per heavy atom. The van der Waals surface area contributed by atoms with Crippen LogP contribution >= 0.6 is 0 Å². The number of pyridine rings is 1. The summed E-state index contributed by atoms with van der Waals surface area (Å²) in [6.07, 6.45) is 8.87. The number of anilines is 1. The van der Waals surface area contributed by atoms with Gasteiger partial charge in [-0.05, 0) is 38.0 Å². The second kappa shape index (κ2) is 8.77. The van der Waals surface area contributed by atoms with Crippen LogP contribution in [0.3, 0.4) is 0 Å². The molecule has 4 rings (SSSR count). The van der Waals surface area contributed by atoms with Crippen LogP contribution in [-0.2, 0) is 13.1 Å². The number of aryl methyl sites for hydroxylation is 1. The van der Waals surface area contributed by atoms with Gasteiger partial charge < -0.3 is 10.6 Å². The lowest BCUT2D eigenvalue weighted by Gasteiger charge is -2.25. The van der Waals surface area contributed by atoms with Crippen molar-refractivity contribution >= 4 is 22.6 Å². The van der Waals surface area contributed by atoms with E-state index in [9.17, 15) is 13.6 Å². The van der Waals surface area contributed by atoms with E-state index in [-0.39, 0.29) is 18.2 Å². The molecule has 0 aliphatic heterocycles. The van der Waals surface area contributed by atoms with Crippen LogP contribution in [0.5, 0.6) is 0 Å². The first-order valence-electron chi connectivity index (χ1n) is 10.4. The number of fused-ring (bicyclic) bond motifs is 1. The van der Waals surface area contributed by atoms with Crippen molar-refractivity contribution in [1.82, 2.24) is 20.1 Å². The summed E-state index contributed by atoms with van der Waals surface area (Å²) in [5.74, 6) is -1.50. The zero-order chi connectivity index (χ0) is 21.1. The molecule has 1 aliphatic carbocycles. The summed E-state index contributed by atoms with van der Waals surface area (Å²) in [6.45, 7) is 2.54. The van der Waals surface area contributed by atoms with Gasteiger partial charge >= 0.3 is 0 Å². The molecule has 1 fully saturated rings. The van der Waals surface area contributed by atoms with Crippen molar-refractivity contribution in [3.8, 4) is 0 Å². The van der Waals surface area contributed by atoms with Crippen molar-refractivity contribution in [1.29, 1.82) is 0 Å². The van der Waals surface area contributed by atoms with Crippen molar-refractivity contribution in [2.24, 2.45) is 0 Å². The van der Waals surface area contributed by atoms with E-state index in [1.807, 2.05) is 6.92 Å². The number of nitrogens with zero attached hydrogens (tertiary/aromatic N) is 3. The monoisotopic (exact) mass is 413 g/mol. The third-order valence-corrected chi connectivity index (χ3v) is 5.61. The Hall–Kier alpha value is -3.03. The molecule has 0 atom stereocenters. The second-order valence-corrected chi connectivity index (χ2v) is 7.64. The summed E-state index contributed by atoms with van der Waals surface area (Å²) >= 11 is 0. The Morgan fingerprint density at radius 3 is 2.77 bits per heavy atom. The molecule has 1 aromatic carbocycles. The molecule has 1 saturated carbocycles. The van der Waals surface area contributed by atoms with E-state index < -0.39 is 17.5 Å². The first-order chi connectivity index (χ1) is 14.6. The van der Waals surface area contributed by atoms with Crippen LogP contribution in [0.1, 0.15) is 54.9 Å². The third-order valence-electron chi connectivity index (χ3n) is 5.61. The predicted octanol–water partition coefficient (Wildman–Crippen LogP) is 4.40. The van der Waals surface area contributed by atoms with Gasteiger partial charge in [0.2, 0.25) is 0 Å². The summed E-state index contributed by atoms with van der Waals surface area (Å²) in [5, 5.41) is 11.4. The fraction of sp³-hybridized carbons (Fsp3) is 0.409. The number of aromatic nitrogens is 3. The number of benzene rings is 1. The van der Waals surface area contributed by atoms with E-state index >= 15 is 0 Å². The fourth-order valence-electron chi connectivity index (χ4n) is 3.99. The van der Waals surface area contributed by atoms with Crippen molar-refractivity contribution in [2.45, 2.75) is 58.2 Å². The Bertz CT molecular complexity index is 1060. The summed E-state index contributed by atoms with van der Waals surface area (Å²) < 4.78 is 29.1. The number of nitrogens with one attached hydrogen (secondary N) is 2.